The summed E-state index contributed by atoms with van der Waals surface area (Å²) in [6, 6.07) is 11.3. The van der Waals surface area contributed by atoms with Crippen molar-refractivity contribution in [1.29, 1.82) is 0 Å². The number of hydrogen-bond donors (Lipinski definition) is 0. The third kappa shape index (κ3) is 8.14. The van der Waals surface area contributed by atoms with Crippen molar-refractivity contribution in [1.82, 2.24) is 0 Å². The lowest BCUT2D eigenvalue weighted by atomic mass is 9.73. The molecule has 0 aromatic heterocycles. The Morgan fingerprint density at radius 1 is 0.696 bits per heavy atom. The zero-order valence-electron chi connectivity index (χ0n) is 32.4. The Hall–Kier alpha value is -1.61. The van der Waals surface area contributed by atoms with Crippen LogP contribution in [0.4, 0.5) is 35.1 Å². The second kappa shape index (κ2) is 17.9. The lowest BCUT2D eigenvalue weighted by molar-refractivity contribution is 0.0415. The third-order valence-electron chi connectivity index (χ3n) is 12.4. The van der Waals surface area contributed by atoms with Gasteiger partial charge >= 0.3 is 0 Å². The van der Waals surface area contributed by atoms with Gasteiger partial charge in [-0.3, -0.25) is 0 Å². The topological polar surface area (TPSA) is 18.5 Å². The lowest BCUT2D eigenvalue weighted by Crippen LogP contribution is -2.52. The summed E-state index contributed by atoms with van der Waals surface area (Å²) in [6.07, 6.45) is 7.86. The highest BCUT2D eigenvalue weighted by Crippen LogP contribution is 2.51. The Bertz CT molecular complexity index is 1910. The first-order valence-electron chi connectivity index (χ1n) is 19.3. The van der Waals surface area contributed by atoms with E-state index in [9.17, 15) is 17.6 Å². The predicted octanol–water partition coefficient (Wildman–Crippen LogP) is 14.9. The molecule has 0 fully saturated rings. The van der Waals surface area contributed by atoms with Crippen molar-refractivity contribution < 1.29 is 44.0 Å². The number of allylic oxidation sites excluding steroid dienone is 6. The van der Waals surface area contributed by atoms with Gasteiger partial charge in [-0.05, 0) is 94.8 Å². The highest BCUT2D eigenvalue weighted by atomic mass is 127. The van der Waals surface area contributed by atoms with E-state index in [2.05, 4.69) is 41.5 Å². The standard InChI is InChI=1S/C42H48F8I2O2Si2/c1-7-55(8-2,9-3)53-41(27-17-13-25(14-18-27)29-31(43)35(47)39(51)36(48)32(29)44)21-23-42(24-22-41,54-56(10-4,11-5)12-6)28-19-15-26(16-20-28)30-33(45)37(49)40(52)38(50)34(30)46/h13-15,17-21,23,26,37,40H,7-12,16,22,24H2,1-6H3. The second-order valence-corrected chi connectivity index (χ2v) is 26.7. The van der Waals surface area contributed by atoms with Gasteiger partial charge in [0.15, 0.2) is 57.7 Å². The van der Waals surface area contributed by atoms with Gasteiger partial charge in [-0.25, -0.2) is 35.1 Å². The molecule has 0 spiro atoms. The molecule has 306 valence electrons. The fourth-order valence-electron chi connectivity index (χ4n) is 8.31. The minimum Gasteiger partial charge on any atom is -0.404 e. The van der Waals surface area contributed by atoms with Crippen LogP contribution in [-0.4, -0.2) is 32.3 Å². The Morgan fingerprint density at radius 2 is 1.18 bits per heavy atom. The summed E-state index contributed by atoms with van der Waals surface area (Å²) in [6.45, 7) is 12.7. The van der Waals surface area contributed by atoms with Crippen LogP contribution in [0.1, 0.15) is 66.4 Å². The fourth-order valence-corrected chi connectivity index (χ4v) is 15.4. The summed E-state index contributed by atoms with van der Waals surface area (Å²) in [7, 11) is -4.71. The molecule has 2 nitrogen and oxygen atoms in total. The molecule has 14 heteroatoms. The fraction of sp³-hybridized carbons (Fsp3) is 0.476. The van der Waals surface area contributed by atoms with E-state index in [0.717, 1.165) is 41.8 Å². The van der Waals surface area contributed by atoms with Gasteiger partial charge in [0.2, 0.25) is 0 Å². The van der Waals surface area contributed by atoms with Crippen LogP contribution in [0.3, 0.4) is 0 Å². The van der Waals surface area contributed by atoms with Crippen LogP contribution < -0.4 is 0 Å². The molecule has 3 aliphatic rings. The van der Waals surface area contributed by atoms with Crippen LogP contribution in [-0.2, 0) is 14.5 Å². The van der Waals surface area contributed by atoms with Gasteiger partial charge in [0.1, 0.15) is 21.0 Å². The summed E-state index contributed by atoms with van der Waals surface area (Å²) < 4.78 is 131. The van der Waals surface area contributed by atoms with Crippen molar-refractivity contribution in [3.8, 4) is 11.1 Å². The zero-order chi connectivity index (χ0) is 41.4. The molecule has 56 heavy (non-hydrogen) atoms. The SMILES string of the molecule is CC[Si](CC)(CC)OC1(C2=CCC(C3=C(F)C(F)C(I)C(F)=C3F)C=C2)C=CC(O[Si](CC)(CC)CC)(c2ccc(-c3c(F)c(F)c(I)c(F)c3F)cc2)CC1. The maximum Gasteiger partial charge on any atom is 0.193 e. The predicted molar refractivity (Wildman–Crippen MR) is 229 cm³/mol. The van der Waals surface area contributed by atoms with E-state index in [1.165, 1.54) is 57.3 Å². The Kier molecular flexibility index (Phi) is 14.6. The van der Waals surface area contributed by atoms with E-state index < -0.39 is 99.3 Å². The van der Waals surface area contributed by atoms with E-state index >= 15 is 17.6 Å². The lowest BCUT2D eigenvalue weighted by Gasteiger charge is -2.50. The summed E-state index contributed by atoms with van der Waals surface area (Å²) in [4.78, 5) is 0. The molecule has 0 N–H and O–H groups in total. The summed E-state index contributed by atoms with van der Waals surface area (Å²) >= 11 is 2.61. The Labute approximate surface area is 354 Å². The highest BCUT2D eigenvalue weighted by Gasteiger charge is 2.50. The molecule has 5 unspecified atom stereocenters. The van der Waals surface area contributed by atoms with Crippen molar-refractivity contribution in [3.05, 3.63) is 116 Å². The number of benzene rings is 2. The van der Waals surface area contributed by atoms with Crippen LogP contribution in [0, 0.1) is 32.8 Å². The minimum atomic E-state index is -2.36. The van der Waals surface area contributed by atoms with Gasteiger partial charge < -0.3 is 8.85 Å². The van der Waals surface area contributed by atoms with E-state index in [4.69, 9.17) is 8.85 Å². The molecule has 5 rings (SSSR count). The van der Waals surface area contributed by atoms with Crippen molar-refractivity contribution in [2.45, 2.75) is 118 Å². The Balaban J connectivity index is 1.62. The molecule has 2 aromatic carbocycles. The van der Waals surface area contributed by atoms with Crippen molar-refractivity contribution in [2.75, 3.05) is 0 Å². The van der Waals surface area contributed by atoms with Gasteiger partial charge in [0, 0.05) is 11.5 Å². The van der Waals surface area contributed by atoms with E-state index in [1.54, 1.807) is 24.3 Å². The smallest absolute Gasteiger partial charge is 0.193 e. The molecular weight excluding hydrogens is 998 g/mol. The number of rotatable bonds is 14. The van der Waals surface area contributed by atoms with Crippen LogP contribution in [0.15, 0.2) is 83.3 Å². The summed E-state index contributed by atoms with van der Waals surface area (Å²) in [5, 5.41) is 0. The van der Waals surface area contributed by atoms with Gasteiger partial charge in [-0.2, -0.15) is 0 Å². The van der Waals surface area contributed by atoms with Crippen LogP contribution >= 0.6 is 45.2 Å². The second-order valence-electron chi connectivity index (χ2n) is 14.9. The van der Waals surface area contributed by atoms with Crippen LogP contribution in [0.25, 0.3) is 11.1 Å². The normalized spacial score (nSPS) is 26.0. The molecule has 0 saturated heterocycles. The van der Waals surface area contributed by atoms with Crippen molar-refractivity contribution in [3.63, 3.8) is 0 Å². The van der Waals surface area contributed by atoms with Crippen molar-refractivity contribution in [2.24, 2.45) is 5.92 Å². The molecule has 5 atom stereocenters. The average Bonchev–Trinajstić information content (AvgIpc) is 3.23. The highest BCUT2D eigenvalue weighted by molar-refractivity contribution is 14.1. The van der Waals surface area contributed by atoms with E-state index in [1.807, 2.05) is 18.2 Å². The quantitative estimate of drug-likeness (QED) is 0.0357. The van der Waals surface area contributed by atoms with Gasteiger partial charge in [0.05, 0.1) is 9.13 Å². The first-order chi connectivity index (χ1) is 26.5. The average molecular weight is 1050 g/mol. The van der Waals surface area contributed by atoms with Crippen molar-refractivity contribution >= 4 is 61.8 Å². The minimum absolute atomic E-state index is 0.0315. The molecule has 0 aliphatic heterocycles. The summed E-state index contributed by atoms with van der Waals surface area (Å²) in [5.41, 5.74) is -1.92. The largest absolute Gasteiger partial charge is 0.404 e. The monoisotopic (exact) mass is 1050 g/mol. The molecule has 0 saturated carbocycles. The summed E-state index contributed by atoms with van der Waals surface area (Å²) in [5.74, 6) is -10.7. The van der Waals surface area contributed by atoms with Gasteiger partial charge in [-0.15, -0.1) is 0 Å². The number of alkyl halides is 2. The third-order valence-corrected chi connectivity index (χ3v) is 23.9. The number of hydrogen-bond acceptors (Lipinski definition) is 2. The molecule has 2 aromatic rings. The van der Waals surface area contributed by atoms with Gasteiger partial charge in [0.25, 0.3) is 0 Å². The van der Waals surface area contributed by atoms with Crippen LogP contribution in [0.2, 0.25) is 36.3 Å². The van der Waals surface area contributed by atoms with Gasteiger partial charge in [-0.1, -0.05) is 119 Å². The number of halogens is 10. The maximum absolute atomic E-state index is 15.2. The van der Waals surface area contributed by atoms with Crippen LogP contribution in [0.5, 0.6) is 0 Å². The molecule has 0 amide bonds. The molecule has 0 radical (unpaired) electrons. The first kappa shape index (κ1) is 45.5. The first-order valence-corrected chi connectivity index (χ1v) is 26.7. The zero-order valence-corrected chi connectivity index (χ0v) is 38.7. The molecule has 0 bridgehead atoms. The maximum atomic E-state index is 15.2. The van der Waals surface area contributed by atoms with E-state index in [0.29, 0.717) is 18.4 Å². The Morgan fingerprint density at radius 3 is 1.62 bits per heavy atom. The molecular formula is C42H48F8I2O2Si2. The molecule has 0 heterocycles. The van der Waals surface area contributed by atoms with E-state index in [-0.39, 0.29) is 12.0 Å². The molecule has 3 aliphatic carbocycles.